The van der Waals surface area contributed by atoms with Gasteiger partial charge in [0.2, 0.25) is 0 Å². The second-order valence-corrected chi connectivity index (χ2v) is 4.48. The third-order valence-corrected chi connectivity index (χ3v) is 3.13. The molecule has 0 aromatic heterocycles. The van der Waals surface area contributed by atoms with Crippen LogP contribution in [0.25, 0.3) is 5.32 Å². The smallest absolute Gasteiger partial charge is 0.498 e. The fraction of sp³-hybridized carbons (Fsp3) is 0.500. The van der Waals surface area contributed by atoms with Crippen LogP contribution in [0.15, 0.2) is 18.2 Å². The van der Waals surface area contributed by atoms with Crippen LogP contribution < -0.4 is 10.2 Å². The predicted octanol–water partition coefficient (Wildman–Crippen LogP) is 1.25. The molecule has 1 aromatic rings. The van der Waals surface area contributed by atoms with E-state index in [9.17, 15) is 0 Å². The first-order chi connectivity index (χ1) is 8.29. The molecule has 0 saturated heterocycles. The van der Waals surface area contributed by atoms with Crippen LogP contribution in [0.2, 0.25) is 0 Å². The second-order valence-electron chi connectivity index (χ2n) is 4.48. The van der Waals surface area contributed by atoms with E-state index in [-0.39, 0.29) is 52.0 Å². The number of hydrogen-bond acceptors (Lipinski definition) is 3. The number of benzene rings is 1. The minimum Gasteiger partial charge on any atom is -0.663 e. The normalized spacial score (nSPS) is 24.9. The number of likely N-dealkylation sites (N-methyl/N-ethyl adjacent to an activating group) is 1. The summed E-state index contributed by atoms with van der Waals surface area (Å²) in [6.45, 7) is 3.21. The third-order valence-electron chi connectivity index (χ3n) is 3.13. The van der Waals surface area contributed by atoms with Gasteiger partial charge in [0.15, 0.2) is 0 Å². The quantitative estimate of drug-likeness (QED) is 0.770. The SMILES string of the molecule is C[N-]CC1OB2OCC(C)Oc3cccc1c32.[Y]. The number of rotatable bonds is 2. The Kier molecular flexibility index (Phi) is 4.84. The second kappa shape index (κ2) is 6.01. The van der Waals surface area contributed by atoms with E-state index in [4.69, 9.17) is 14.0 Å². The maximum Gasteiger partial charge on any atom is 0.498 e. The third kappa shape index (κ3) is 2.52. The minimum absolute atomic E-state index is 0. The summed E-state index contributed by atoms with van der Waals surface area (Å²) in [6.07, 6.45) is 0.0574. The molecule has 2 unspecified atom stereocenters. The molecule has 3 rings (SSSR count). The van der Waals surface area contributed by atoms with Gasteiger partial charge in [-0.3, -0.25) is 0 Å². The Morgan fingerprint density at radius 2 is 2.28 bits per heavy atom. The summed E-state index contributed by atoms with van der Waals surface area (Å²) in [7, 11) is 1.50. The van der Waals surface area contributed by atoms with Gasteiger partial charge in [0.25, 0.3) is 0 Å². The first-order valence-electron chi connectivity index (χ1n) is 5.91. The molecule has 0 fully saturated rings. The van der Waals surface area contributed by atoms with E-state index >= 15 is 0 Å². The van der Waals surface area contributed by atoms with Crippen LogP contribution in [0.4, 0.5) is 0 Å². The van der Waals surface area contributed by atoms with Crippen molar-refractivity contribution >= 4 is 12.6 Å². The van der Waals surface area contributed by atoms with E-state index in [1.54, 1.807) is 7.05 Å². The Bertz CT molecular complexity index is 432. The summed E-state index contributed by atoms with van der Waals surface area (Å²) in [5.74, 6) is 0.885. The predicted molar refractivity (Wildman–Crippen MR) is 65.8 cm³/mol. The van der Waals surface area contributed by atoms with Crippen molar-refractivity contribution in [2.45, 2.75) is 19.1 Å². The van der Waals surface area contributed by atoms with Crippen molar-refractivity contribution in [3.63, 3.8) is 0 Å². The van der Waals surface area contributed by atoms with Gasteiger partial charge in [-0.2, -0.15) is 7.05 Å². The summed E-state index contributed by atoms with van der Waals surface area (Å²) >= 11 is 0. The van der Waals surface area contributed by atoms with Gasteiger partial charge >= 0.3 is 7.12 Å². The molecule has 4 nitrogen and oxygen atoms in total. The van der Waals surface area contributed by atoms with Crippen molar-refractivity contribution in [3.05, 3.63) is 29.1 Å². The van der Waals surface area contributed by atoms with Gasteiger partial charge in [0.1, 0.15) is 11.9 Å². The van der Waals surface area contributed by atoms with Crippen LogP contribution in [0.5, 0.6) is 5.75 Å². The summed E-state index contributed by atoms with van der Waals surface area (Å²) in [5, 5.41) is 4.15. The molecule has 0 bridgehead atoms. The number of nitrogens with zero attached hydrogens (tertiary/aromatic N) is 1. The van der Waals surface area contributed by atoms with Crippen molar-refractivity contribution in [3.8, 4) is 5.75 Å². The molecule has 6 heteroatoms. The van der Waals surface area contributed by atoms with Gasteiger partial charge in [0.05, 0.1) is 6.61 Å². The zero-order valence-corrected chi connectivity index (χ0v) is 13.5. The van der Waals surface area contributed by atoms with Crippen molar-refractivity contribution in [1.29, 1.82) is 0 Å². The molecule has 0 amide bonds. The molecule has 0 spiro atoms. The first kappa shape index (κ1) is 14.5. The average Bonchev–Trinajstić information content (AvgIpc) is 2.58. The van der Waals surface area contributed by atoms with Crippen molar-refractivity contribution < 1.29 is 46.8 Å². The standard InChI is InChI=1S/C12H15BNO3.Y/c1-8-7-15-13-12-9(11(17-13)6-14-2)4-3-5-10(12)16-8;/h3-5,8,11H,6-7H2,1-2H3;/q-1;. The molecule has 0 aliphatic carbocycles. The molecule has 1 radical (unpaired) electrons. The Hall–Kier alpha value is 0.0688. The molecule has 2 heterocycles. The zero-order valence-electron chi connectivity index (χ0n) is 10.6. The van der Waals surface area contributed by atoms with Crippen LogP contribution in [0, 0.1) is 0 Å². The number of ether oxygens (including phenoxy) is 1. The maximum atomic E-state index is 5.89. The first-order valence-corrected chi connectivity index (χ1v) is 5.91. The average molecular weight is 321 g/mol. The minimum atomic E-state index is -0.294. The molecule has 1 aromatic carbocycles. The Morgan fingerprint density at radius 1 is 1.44 bits per heavy atom. The van der Waals surface area contributed by atoms with Gasteiger partial charge in [-0.15, -0.1) is 6.54 Å². The fourth-order valence-electron chi connectivity index (χ4n) is 2.39. The van der Waals surface area contributed by atoms with E-state index in [1.807, 2.05) is 19.1 Å². The molecule has 2 aliphatic rings. The van der Waals surface area contributed by atoms with Crippen LogP contribution in [0.3, 0.4) is 0 Å². The molecule has 0 N–H and O–H groups in total. The molecule has 2 atom stereocenters. The molecule has 2 aliphatic heterocycles. The monoisotopic (exact) mass is 321 g/mol. The Labute approximate surface area is 133 Å². The summed E-state index contributed by atoms with van der Waals surface area (Å²) in [5.41, 5.74) is 2.19. The molecular weight excluding hydrogens is 306 g/mol. The Morgan fingerprint density at radius 3 is 3.06 bits per heavy atom. The number of hydrogen-bond donors (Lipinski definition) is 0. The van der Waals surface area contributed by atoms with Crippen molar-refractivity contribution in [1.82, 2.24) is 0 Å². The van der Waals surface area contributed by atoms with Gasteiger partial charge < -0.3 is 19.4 Å². The van der Waals surface area contributed by atoms with Crippen LogP contribution in [0.1, 0.15) is 18.6 Å². The van der Waals surface area contributed by atoms with E-state index in [1.165, 1.54) is 0 Å². The summed E-state index contributed by atoms with van der Waals surface area (Å²) in [6, 6.07) is 6.05. The molecule has 0 saturated carbocycles. The van der Waals surface area contributed by atoms with Crippen LogP contribution >= 0.6 is 0 Å². The van der Waals surface area contributed by atoms with Crippen LogP contribution in [-0.2, 0) is 42.0 Å². The van der Waals surface area contributed by atoms with E-state index < -0.39 is 0 Å². The van der Waals surface area contributed by atoms with Gasteiger partial charge in [-0.1, -0.05) is 12.1 Å². The summed E-state index contributed by atoms with van der Waals surface area (Å²) < 4.78 is 17.5. The van der Waals surface area contributed by atoms with Crippen molar-refractivity contribution in [2.75, 3.05) is 20.2 Å². The molecule has 93 valence electrons. The Balaban J connectivity index is 0.00000120. The topological polar surface area (TPSA) is 41.8 Å². The molecular formula is C12H15BNO3Y-. The molecule has 18 heavy (non-hydrogen) atoms. The largest absolute Gasteiger partial charge is 0.663 e. The van der Waals surface area contributed by atoms with Gasteiger partial charge in [-0.05, 0) is 18.6 Å². The van der Waals surface area contributed by atoms with E-state index in [0.29, 0.717) is 13.2 Å². The fourth-order valence-corrected chi connectivity index (χ4v) is 2.39. The summed E-state index contributed by atoms with van der Waals surface area (Å²) in [4.78, 5) is 0. The van der Waals surface area contributed by atoms with Crippen molar-refractivity contribution in [2.24, 2.45) is 0 Å². The van der Waals surface area contributed by atoms with Gasteiger partial charge in [-0.25, -0.2) is 0 Å². The maximum absolute atomic E-state index is 5.89. The van der Waals surface area contributed by atoms with E-state index in [0.717, 1.165) is 16.8 Å². The van der Waals surface area contributed by atoms with E-state index in [2.05, 4.69) is 11.4 Å². The van der Waals surface area contributed by atoms with Gasteiger partial charge in [0, 0.05) is 44.3 Å². The van der Waals surface area contributed by atoms with Crippen LogP contribution in [-0.4, -0.2) is 33.4 Å². The zero-order chi connectivity index (χ0) is 11.8.